The van der Waals surface area contributed by atoms with Crippen molar-refractivity contribution in [3.63, 3.8) is 0 Å². The summed E-state index contributed by atoms with van der Waals surface area (Å²) in [6.45, 7) is 3.31. The highest BCUT2D eigenvalue weighted by Crippen LogP contribution is 2.11. The number of ether oxygens (including phenoxy) is 1. The zero-order chi connectivity index (χ0) is 16.9. The molecule has 2 aliphatic heterocycles. The molecule has 128 valence electrons. The van der Waals surface area contributed by atoms with Gasteiger partial charge in [-0.05, 0) is 5.56 Å². The molecule has 0 radical (unpaired) electrons. The zero-order valence-corrected chi connectivity index (χ0v) is 13.5. The Balaban J connectivity index is 1.56. The van der Waals surface area contributed by atoms with Crippen LogP contribution in [0.25, 0.3) is 0 Å². The third-order valence-corrected chi connectivity index (χ3v) is 4.30. The lowest BCUT2D eigenvalue weighted by atomic mass is 10.2. The molecule has 1 aromatic rings. The molecule has 1 aromatic carbocycles. The highest BCUT2D eigenvalue weighted by Gasteiger charge is 2.34. The number of rotatable bonds is 4. The van der Waals surface area contributed by atoms with Crippen molar-refractivity contribution in [2.45, 2.75) is 6.54 Å². The Hall–Kier alpha value is -2.41. The van der Waals surface area contributed by atoms with Crippen LogP contribution in [0.15, 0.2) is 30.3 Å². The van der Waals surface area contributed by atoms with Gasteiger partial charge in [-0.2, -0.15) is 0 Å². The third-order valence-electron chi connectivity index (χ3n) is 4.30. The largest absolute Gasteiger partial charge is 0.378 e. The molecule has 0 spiro atoms. The Labute approximate surface area is 140 Å². The van der Waals surface area contributed by atoms with E-state index >= 15 is 0 Å². The number of morpholine rings is 1. The molecule has 24 heavy (non-hydrogen) atoms. The maximum Gasteiger partial charge on any atom is 0.312 e. The summed E-state index contributed by atoms with van der Waals surface area (Å²) in [4.78, 5) is 41.4. The number of carbonyl (C=O) groups is 3. The first kappa shape index (κ1) is 16.4. The van der Waals surface area contributed by atoms with Crippen LogP contribution in [0, 0.1) is 0 Å². The molecule has 0 aliphatic carbocycles. The Morgan fingerprint density at radius 3 is 2.25 bits per heavy atom. The number of nitrogens with zero attached hydrogens (tertiary/aromatic N) is 3. The van der Waals surface area contributed by atoms with Gasteiger partial charge >= 0.3 is 11.8 Å². The van der Waals surface area contributed by atoms with Crippen molar-refractivity contribution in [1.82, 2.24) is 14.7 Å². The van der Waals surface area contributed by atoms with Crippen molar-refractivity contribution in [3.05, 3.63) is 35.9 Å². The van der Waals surface area contributed by atoms with E-state index in [-0.39, 0.29) is 12.5 Å². The van der Waals surface area contributed by atoms with Crippen LogP contribution in [0.5, 0.6) is 0 Å². The van der Waals surface area contributed by atoms with Gasteiger partial charge < -0.3 is 19.4 Å². The van der Waals surface area contributed by atoms with Gasteiger partial charge in [0.25, 0.3) is 0 Å². The second kappa shape index (κ2) is 7.44. The molecule has 2 fully saturated rings. The summed E-state index contributed by atoms with van der Waals surface area (Å²) in [5, 5.41) is 0. The molecule has 0 N–H and O–H groups in total. The quantitative estimate of drug-likeness (QED) is 0.712. The van der Waals surface area contributed by atoms with E-state index in [2.05, 4.69) is 0 Å². The number of amides is 3. The lowest BCUT2D eigenvalue weighted by Crippen LogP contribution is -2.56. The molecule has 0 unspecified atom stereocenters. The first-order valence-corrected chi connectivity index (χ1v) is 8.13. The van der Waals surface area contributed by atoms with Crippen LogP contribution >= 0.6 is 0 Å². The molecule has 0 saturated carbocycles. The van der Waals surface area contributed by atoms with E-state index in [9.17, 15) is 14.4 Å². The zero-order valence-electron chi connectivity index (χ0n) is 13.5. The van der Waals surface area contributed by atoms with Gasteiger partial charge in [0, 0.05) is 32.7 Å². The van der Waals surface area contributed by atoms with Crippen molar-refractivity contribution in [1.29, 1.82) is 0 Å². The highest BCUT2D eigenvalue weighted by molar-refractivity contribution is 6.35. The molecule has 7 heteroatoms. The summed E-state index contributed by atoms with van der Waals surface area (Å²) < 4.78 is 5.21. The Morgan fingerprint density at radius 1 is 0.917 bits per heavy atom. The van der Waals surface area contributed by atoms with Gasteiger partial charge in [0.05, 0.1) is 13.2 Å². The van der Waals surface area contributed by atoms with Crippen LogP contribution in [-0.2, 0) is 25.7 Å². The molecule has 2 aliphatic rings. The monoisotopic (exact) mass is 331 g/mol. The van der Waals surface area contributed by atoms with Crippen LogP contribution in [0.4, 0.5) is 0 Å². The summed E-state index contributed by atoms with van der Waals surface area (Å²) >= 11 is 0. The number of carbonyl (C=O) groups excluding carboxylic acids is 3. The van der Waals surface area contributed by atoms with Crippen molar-refractivity contribution in [2.24, 2.45) is 0 Å². The summed E-state index contributed by atoms with van der Waals surface area (Å²) in [6, 6.07) is 9.56. The van der Waals surface area contributed by atoms with Crippen molar-refractivity contribution < 1.29 is 19.1 Å². The Morgan fingerprint density at radius 2 is 1.54 bits per heavy atom. The average molecular weight is 331 g/mol. The summed E-state index contributed by atoms with van der Waals surface area (Å²) in [7, 11) is 0. The van der Waals surface area contributed by atoms with Crippen LogP contribution < -0.4 is 0 Å². The average Bonchev–Trinajstić information content (AvgIpc) is 2.63. The molecular formula is C17H21N3O4. The maximum absolute atomic E-state index is 12.3. The van der Waals surface area contributed by atoms with Gasteiger partial charge in [-0.3, -0.25) is 14.4 Å². The number of piperazine rings is 1. The van der Waals surface area contributed by atoms with Gasteiger partial charge in [0.2, 0.25) is 5.91 Å². The maximum atomic E-state index is 12.3. The van der Waals surface area contributed by atoms with E-state index in [1.807, 2.05) is 30.3 Å². The molecule has 0 atom stereocenters. The van der Waals surface area contributed by atoms with Crippen molar-refractivity contribution in [2.75, 3.05) is 45.9 Å². The molecule has 3 rings (SSSR count). The van der Waals surface area contributed by atoms with E-state index in [1.165, 1.54) is 9.80 Å². The first-order valence-electron chi connectivity index (χ1n) is 8.13. The minimum Gasteiger partial charge on any atom is -0.378 e. The molecule has 0 aromatic heterocycles. The minimum atomic E-state index is -0.598. The Kier molecular flexibility index (Phi) is 5.10. The predicted molar refractivity (Wildman–Crippen MR) is 85.8 cm³/mol. The van der Waals surface area contributed by atoms with Crippen LogP contribution in [0.3, 0.4) is 0 Å². The molecule has 0 bridgehead atoms. The standard InChI is InChI=1S/C17H21N3O4/c21-15(18-8-10-24-11-9-18)13-20-7-6-19(16(22)17(20)23)12-14-4-2-1-3-5-14/h1-5H,6-13H2. The fourth-order valence-electron chi connectivity index (χ4n) is 2.90. The number of hydrogen-bond acceptors (Lipinski definition) is 4. The van der Waals surface area contributed by atoms with Gasteiger partial charge in [0.1, 0.15) is 6.54 Å². The lowest BCUT2D eigenvalue weighted by molar-refractivity contribution is -0.158. The van der Waals surface area contributed by atoms with Gasteiger partial charge in [-0.25, -0.2) is 0 Å². The van der Waals surface area contributed by atoms with Gasteiger partial charge in [-0.15, -0.1) is 0 Å². The predicted octanol–water partition coefficient (Wildman–Crippen LogP) is -0.284. The third kappa shape index (κ3) is 3.73. The summed E-state index contributed by atoms with van der Waals surface area (Å²) in [5.74, 6) is -1.27. The SMILES string of the molecule is O=C(CN1CCN(Cc2ccccc2)C(=O)C1=O)N1CCOCC1. The van der Waals surface area contributed by atoms with E-state index in [1.54, 1.807) is 4.90 Å². The number of benzene rings is 1. The molecule has 3 amide bonds. The van der Waals surface area contributed by atoms with Crippen molar-refractivity contribution in [3.8, 4) is 0 Å². The van der Waals surface area contributed by atoms with Gasteiger partial charge in [-0.1, -0.05) is 30.3 Å². The summed E-state index contributed by atoms with van der Waals surface area (Å²) in [5.41, 5.74) is 0.983. The normalized spacial score (nSPS) is 18.9. The van der Waals surface area contributed by atoms with Crippen molar-refractivity contribution >= 4 is 17.7 Å². The number of hydrogen-bond donors (Lipinski definition) is 0. The van der Waals surface area contributed by atoms with E-state index in [0.717, 1.165) is 5.56 Å². The smallest absolute Gasteiger partial charge is 0.312 e. The molecular weight excluding hydrogens is 310 g/mol. The highest BCUT2D eigenvalue weighted by atomic mass is 16.5. The van der Waals surface area contributed by atoms with E-state index in [0.29, 0.717) is 45.9 Å². The minimum absolute atomic E-state index is 0.0379. The molecule has 2 saturated heterocycles. The second-order valence-electron chi connectivity index (χ2n) is 5.93. The first-order chi connectivity index (χ1) is 11.6. The lowest BCUT2D eigenvalue weighted by Gasteiger charge is -2.35. The second-order valence-corrected chi connectivity index (χ2v) is 5.93. The van der Waals surface area contributed by atoms with Crippen LogP contribution in [0.2, 0.25) is 0 Å². The fraction of sp³-hybridized carbons (Fsp3) is 0.471. The van der Waals surface area contributed by atoms with Crippen LogP contribution in [0.1, 0.15) is 5.56 Å². The molecule has 7 nitrogen and oxygen atoms in total. The van der Waals surface area contributed by atoms with E-state index < -0.39 is 11.8 Å². The topological polar surface area (TPSA) is 70.2 Å². The van der Waals surface area contributed by atoms with Gasteiger partial charge in [0.15, 0.2) is 0 Å². The molecule has 2 heterocycles. The van der Waals surface area contributed by atoms with E-state index in [4.69, 9.17) is 4.74 Å². The summed E-state index contributed by atoms with van der Waals surface area (Å²) in [6.07, 6.45) is 0. The fourth-order valence-corrected chi connectivity index (χ4v) is 2.90. The Bertz CT molecular complexity index is 614. The van der Waals surface area contributed by atoms with Crippen LogP contribution in [-0.4, -0.2) is 78.4 Å².